The fourth-order valence-corrected chi connectivity index (χ4v) is 1.79. The van der Waals surface area contributed by atoms with Crippen molar-refractivity contribution in [3.63, 3.8) is 0 Å². The molecule has 0 unspecified atom stereocenters. The molecule has 0 spiro atoms. The molecule has 0 aromatic carbocycles. The first kappa shape index (κ1) is 8.38. The maximum absolute atomic E-state index is 5.99. The van der Waals surface area contributed by atoms with Crippen molar-refractivity contribution < 1.29 is 4.42 Å². The van der Waals surface area contributed by atoms with Gasteiger partial charge in [0, 0.05) is 6.20 Å². The molecule has 5 heteroatoms. The highest BCUT2D eigenvalue weighted by Crippen LogP contribution is 2.43. The third-order valence-corrected chi connectivity index (χ3v) is 3.04. The van der Waals surface area contributed by atoms with Gasteiger partial charge in [-0.05, 0) is 34.8 Å². The van der Waals surface area contributed by atoms with E-state index in [1.165, 1.54) is 0 Å². The molecule has 2 aromatic rings. The summed E-state index contributed by atoms with van der Waals surface area (Å²) in [4.78, 5) is 8.41. The number of fused-ring (bicyclic) bond motifs is 1. The largest absolute Gasteiger partial charge is 0.436 e. The Labute approximate surface area is 88.6 Å². The molecule has 2 aromatic heterocycles. The number of nitrogens with two attached hydrogens (primary N) is 1. The number of oxazole rings is 1. The molecule has 2 heterocycles. The van der Waals surface area contributed by atoms with Crippen LogP contribution in [0, 0.1) is 0 Å². The third kappa shape index (κ3) is 1.09. The van der Waals surface area contributed by atoms with Gasteiger partial charge in [0.15, 0.2) is 10.2 Å². The Morgan fingerprint density at radius 1 is 1.50 bits per heavy atom. The zero-order chi connectivity index (χ0) is 9.76. The second kappa shape index (κ2) is 2.55. The molecule has 14 heavy (non-hydrogen) atoms. The minimum absolute atomic E-state index is 0.321. The highest BCUT2D eigenvalue weighted by atomic mass is 79.9. The first-order chi connectivity index (χ1) is 6.69. The predicted molar refractivity (Wildman–Crippen MR) is 54.6 cm³/mol. The molecule has 0 radical (unpaired) electrons. The van der Waals surface area contributed by atoms with Gasteiger partial charge >= 0.3 is 0 Å². The van der Waals surface area contributed by atoms with E-state index in [-0.39, 0.29) is 5.54 Å². The van der Waals surface area contributed by atoms with Crippen LogP contribution >= 0.6 is 15.9 Å². The number of pyridine rings is 1. The fraction of sp³-hybridized carbons (Fsp3) is 0.333. The van der Waals surface area contributed by atoms with E-state index >= 15 is 0 Å². The normalized spacial score (nSPS) is 18.7. The average molecular weight is 254 g/mol. The Kier molecular flexibility index (Phi) is 1.52. The molecule has 0 atom stereocenters. The van der Waals surface area contributed by atoms with Crippen molar-refractivity contribution in [1.82, 2.24) is 9.97 Å². The quantitative estimate of drug-likeness (QED) is 0.789. The molecule has 3 rings (SSSR count). The maximum atomic E-state index is 5.99. The van der Waals surface area contributed by atoms with Gasteiger partial charge in [-0.25, -0.2) is 9.97 Å². The number of aromatic nitrogens is 2. The van der Waals surface area contributed by atoms with Crippen LogP contribution in [-0.4, -0.2) is 9.97 Å². The number of rotatable bonds is 1. The van der Waals surface area contributed by atoms with Crippen LogP contribution < -0.4 is 5.73 Å². The Morgan fingerprint density at radius 3 is 2.93 bits per heavy atom. The predicted octanol–water partition coefficient (Wildman–Crippen LogP) is 1.93. The van der Waals surface area contributed by atoms with Gasteiger partial charge in [0.1, 0.15) is 5.52 Å². The van der Waals surface area contributed by atoms with E-state index in [1.807, 2.05) is 6.07 Å². The lowest BCUT2D eigenvalue weighted by atomic mass is 10.3. The Morgan fingerprint density at radius 2 is 2.29 bits per heavy atom. The summed E-state index contributed by atoms with van der Waals surface area (Å²) >= 11 is 3.31. The smallest absolute Gasteiger partial charge is 0.215 e. The van der Waals surface area contributed by atoms with Crippen LogP contribution in [0.3, 0.4) is 0 Å². The van der Waals surface area contributed by atoms with Gasteiger partial charge in [-0.1, -0.05) is 0 Å². The molecule has 0 bridgehead atoms. The minimum atomic E-state index is -0.321. The standard InChI is InChI=1S/C9H8BrN3O/c10-7-6-5(1-4-12-7)13-8(14-6)9(11)2-3-9/h1,4H,2-3,11H2. The van der Waals surface area contributed by atoms with Crippen molar-refractivity contribution in [3.05, 3.63) is 22.8 Å². The topological polar surface area (TPSA) is 64.9 Å². The van der Waals surface area contributed by atoms with Crippen LogP contribution in [0.1, 0.15) is 18.7 Å². The number of hydrogen-bond acceptors (Lipinski definition) is 4. The van der Waals surface area contributed by atoms with Crippen LogP contribution in [0.5, 0.6) is 0 Å². The number of halogens is 1. The summed E-state index contributed by atoms with van der Waals surface area (Å²) < 4.78 is 6.26. The molecule has 1 fully saturated rings. The van der Waals surface area contributed by atoms with Crippen molar-refractivity contribution in [1.29, 1.82) is 0 Å². The zero-order valence-electron chi connectivity index (χ0n) is 7.33. The summed E-state index contributed by atoms with van der Waals surface area (Å²) in [5.74, 6) is 0.626. The monoisotopic (exact) mass is 253 g/mol. The summed E-state index contributed by atoms with van der Waals surface area (Å²) in [5, 5.41) is 0. The fourth-order valence-electron chi connectivity index (χ4n) is 1.39. The second-order valence-electron chi connectivity index (χ2n) is 3.63. The van der Waals surface area contributed by atoms with Crippen LogP contribution in [0.15, 0.2) is 21.3 Å². The van der Waals surface area contributed by atoms with E-state index in [2.05, 4.69) is 25.9 Å². The summed E-state index contributed by atoms with van der Waals surface area (Å²) in [5.41, 5.74) is 7.15. The Balaban J connectivity index is 2.25. The molecule has 4 nitrogen and oxygen atoms in total. The Hall–Kier alpha value is -0.940. The zero-order valence-corrected chi connectivity index (χ0v) is 8.91. The second-order valence-corrected chi connectivity index (χ2v) is 4.38. The molecule has 0 amide bonds. The highest BCUT2D eigenvalue weighted by Gasteiger charge is 2.45. The van der Waals surface area contributed by atoms with Crippen LogP contribution in [0.4, 0.5) is 0 Å². The lowest BCUT2D eigenvalue weighted by Gasteiger charge is -1.99. The number of nitrogens with zero attached hydrogens (tertiary/aromatic N) is 2. The van der Waals surface area contributed by atoms with Crippen molar-refractivity contribution >= 4 is 27.0 Å². The molecule has 72 valence electrons. The van der Waals surface area contributed by atoms with Crippen LogP contribution in [-0.2, 0) is 5.54 Å². The Bertz CT molecular complexity index is 504. The molecular formula is C9H8BrN3O. The van der Waals surface area contributed by atoms with E-state index < -0.39 is 0 Å². The third-order valence-electron chi connectivity index (χ3n) is 2.48. The van der Waals surface area contributed by atoms with Gasteiger partial charge in [0.05, 0.1) is 5.54 Å². The highest BCUT2D eigenvalue weighted by molar-refractivity contribution is 9.10. The van der Waals surface area contributed by atoms with Gasteiger partial charge in [-0.15, -0.1) is 0 Å². The van der Waals surface area contributed by atoms with E-state index in [0.717, 1.165) is 18.4 Å². The van der Waals surface area contributed by atoms with Gasteiger partial charge in [0.25, 0.3) is 0 Å². The first-order valence-electron chi connectivity index (χ1n) is 4.39. The van der Waals surface area contributed by atoms with Crippen LogP contribution in [0.25, 0.3) is 11.1 Å². The van der Waals surface area contributed by atoms with Crippen molar-refractivity contribution in [3.8, 4) is 0 Å². The molecule has 1 aliphatic carbocycles. The number of hydrogen-bond donors (Lipinski definition) is 1. The molecule has 0 saturated heterocycles. The SMILES string of the molecule is NC1(c2nc3ccnc(Br)c3o2)CC1. The van der Waals surface area contributed by atoms with E-state index in [9.17, 15) is 0 Å². The lowest BCUT2D eigenvalue weighted by Crippen LogP contribution is -2.18. The summed E-state index contributed by atoms with van der Waals surface area (Å²) in [6, 6.07) is 1.82. The lowest BCUT2D eigenvalue weighted by molar-refractivity contribution is 0.464. The minimum Gasteiger partial charge on any atom is -0.436 e. The molecule has 2 N–H and O–H groups in total. The van der Waals surface area contributed by atoms with E-state index in [0.29, 0.717) is 16.1 Å². The maximum Gasteiger partial charge on any atom is 0.215 e. The summed E-state index contributed by atoms with van der Waals surface area (Å²) in [6.07, 6.45) is 3.59. The van der Waals surface area contributed by atoms with Gasteiger partial charge in [-0.2, -0.15) is 0 Å². The molecule has 1 aliphatic rings. The average Bonchev–Trinajstić information content (AvgIpc) is 2.77. The van der Waals surface area contributed by atoms with Crippen molar-refractivity contribution in [2.45, 2.75) is 18.4 Å². The van der Waals surface area contributed by atoms with Gasteiger partial charge in [0.2, 0.25) is 5.89 Å². The van der Waals surface area contributed by atoms with Crippen LogP contribution in [0.2, 0.25) is 0 Å². The van der Waals surface area contributed by atoms with Gasteiger partial charge in [-0.3, -0.25) is 0 Å². The van der Waals surface area contributed by atoms with Crippen molar-refractivity contribution in [2.24, 2.45) is 5.73 Å². The summed E-state index contributed by atoms with van der Waals surface area (Å²) in [6.45, 7) is 0. The summed E-state index contributed by atoms with van der Waals surface area (Å²) in [7, 11) is 0. The molecular weight excluding hydrogens is 246 g/mol. The van der Waals surface area contributed by atoms with Crippen molar-refractivity contribution in [2.75, 3.05) is 0 Å². The first-order valence-corrected chi connectivity index (χ1v) is 5.19. The molecule has 1 saturated carbocycles. The van der Waals surface area contributed by atoms with E-state index in [1.54, 1.807) is 6.20 Å². The van der Waals surface area contributed by atoms with E-state index in [4.69, 9.17) is 10.2 Å². The molecule has 0 aliphatic heterocycles. The van der Waals surface area contributed by atoms with Gasteiger partial charge < -0.3 is 10.2 Å².